The summed E-state index contributed by atoms with van der Waals surface area (Å²) in [5, 5.41) is 7.94. The van der Waals surface area contributed by atoms with Gasteiger partial charge < -0.3 is 15.5 Å². The van der Waals surface area contributed by atoms with Crippen LogP contribution < -0.4 is 16.0 Å². The summed E-state index contributed by atoms with van der Waals surface area (Å²) < 4.78 is 36.9. The van der Waals surface area contributed by atoms with E-state index in [0.717, 1.165) is 0 Å². The third kappa shape index (κ3) is 4.76. The summed E-state index contributed by atoms with van der Waals surface area (Å²) in [6.45, 7) is 4.91. The molecule has 0 aromatic heterocycles. The van der Waals surface area contributed by atoms with Crippen molar-refractivity contribution in [3.8, 4) is 0 Å². The van der Waals surface area contributed by atoms with Crippen molar-refractivity contribution in [2.75, 3.05) is 26.2 Å². The van der Waals surface area contributed by atoms with E-state index in [9.17, 15) is 22.8 Å². The molecule has 25 heavy (non-hydrogen) atoms. The number of carbonyl (C=O) groups excluding carboxylic acids is 2. The van der Waals surface area contributed by atoms with Crippen molar-refractivity contribution in [2.45, 2.75) is 44.8 Å². The molecule has 0 aromatic carbocycles. The average molecular weight is 363 g/mol. The second-order valence-corrected chi connectivity index (χ2v) is 6.47. The molecule has 3 N–H and O–H groups in total. The highest BCUT2D eigenvalue weighted by Gasteiger charge is 2.48. The van der Waals surface area contributed by atoms with Crippen molar-refractivity contribution in [2.24, 2.45) is 10.9 Å². The SMILES string of the molecule is CCNC(=NCCC(F)(F)F)N1CCC(C2(C)NC(=O)NC2=O)CC1. The van der Waals surface area contributed by atoms with E-state index in [-0.39, 0.29) is 18.4 Å². The zero-order chi connectivity index (χ0) is 18.7. The summed E-state index contributed by atoms with van der Waals surface area (Å²) in [6.07, 6.45) is -3.92. The molecule has 7 nitrogen and oxygen atoms in total. The number of likely N-dealkylation sites (tertiary alicyclic amines) is 1. The fourth-order valence-electron chi connectivity index (χ4n) is 3.23. The van der Waals surface area contributed by atoms with Crippen molar-refractivity contribution in [1.29, 1.82) is 0 Å². The normalized spacial score (nSPS) is 25.8. The van der Waals surface area contributed by atoms with Crippen molar-refractivity contribution in [3.05, 3.63) is 0 Å². The monoisotopic (exact) mass is 363 g/mol. The zero-order valence-corrected chi connectivity index (χ0v) is 14.4. The lowest BCUT2D eigenvalue weighted by Crippen LogP contribution is -2.55. The van der Waals surface area contributed by atoms with Crippen LogP contribution >= 0.6 is 0 Å². The van der Waals surface area contributed by atoms with E-state index in [2.05, 4.69) is 20.9 Å². The molecular formula is C15H24F3N5O2. The van der Waals surface area contributed by atoms with Gasteiger partial charge in [0, 0.05) is 19.6 Å². The van der Waals surface area contributed by atoms with Crippen LogP contribution in [0.2, 0.25) is 0 Å². The van der Waals surface area contributed by atoms with E-state index in [1.54, 1.807) is 6.92 Å². The summed E-state index contributed by atoms with van der Waals surface area (Å²) in [5.41, 5.74) is -0.936. The molecule has 0 aliphatic carbocycles. The van der Waals surface area contributed by atoms with Crippen molar-refractivity contribution in [1.82, 2.24) is 20.9 Å². The van der Waals surface area contributed by atoms with Gasteiger partial charge in [0.05, 0.1) is 13.0 Å². The number of urea groups is 1. The number of hydrogen-bond acceptors (Lipinski definition) is 3. The maximum atomic E-state index is 12.3. The van der Waals surface area contributed by atoms with Crippen LogP contribution in [0.25, 0.3) is 0 Å². The molecule has 2 aliphatic heterocycles. The average Bonchev–Trinajstić information content (AvgIpc) is 2.79. The standard InChI is InChI=1S/C15H24F3N5O2/c1-3-19-12(20-7-6-15(16,17)18)23-8-4-10(5-9-23)14(2)11(24)21-13(25)22-14/h10H,3-9H2,1-2H3,(H,19,20)(H2,21,22,24,25). The Balaban J connectivity index is 1.95. The van der Waals surface area contributed by atoms with E-state index in [0.29, 0.717) is 38.4 Å². The minimum absolute atomic E-state index is 0.0340. The molecule has 0 saturated carbocycles. The van der Waals surface area contributed by atoms with Gasteiger partial charge in [0.1, 0.15) is 5.54 Å². The number of halogens is 3. The molecule has 2 saturated heterocycles. The Morgan fingerprint density at radius 3 is 2.48 bits per heavy atom. The van der Waals surface area contributed by atoms with Crippen molar-refractivity contribution >= 4 is 17.9 Å². The van der Waals surface area contributed by atoms with Gasteiger partial charge in [-0.15, -0.1) is 0 Å². The summed E-state index contributed by atoms with van der Waals surface area (Å²) in [4.78, 5) is 29.4. The highest BCUT2D eigenvalue weighted by molar-refractivity contribution is 6.07. The van der Waals surface area contributed by atoms with Gasteiger partial charge in [-0.1, -0.05) is 0 Å². The Bertz CT molecular complexity index is 544. The summed E-state index contributed by atoms with van der Waals surface area (Å²) in [7, 11) is 0. The quantitative estimate of drug-likeness (QED) is 0.398. The minimum Gasteiger partial charge on any atom is -0.357 e. The number of nitrogens with one attached hydrogen (secondary N) is 3. The van der Waals surface area contributed by atoms with Gasteiger partial charge in [-0.3, -0.25) is 15.1 Å². The van der Waals surface area contributed by atoms with Crippen LogP contribution in [-0.4, -0.2) is 60.7 Å². The smallest absolute Gasteiger partial charge is 0.357 e. The lowest BCUT2D eigenvalue weighted by Gasteiger charge is -2.39. The van der Waals surface area contributed by atoms with Crippen LogP contribution in [-0.2, 0) is 4.79 Å². The van der Waals surface area contributed by atoms with Crippen LogP contribution in [0.4, 0.5) is 18.0 Å². The molecule has 0 bridgehead atoms. The number of imide groups is 1. The number of carbonyl (C=O) groups is 2. The molecule has 10 heteroatoms. The van der Waals surface area contributed by atoms with E-state index >= 15 is 0 Å². The first-order valence-electron chi connectivity index (χ1n) is 8.39. The molecule has 2 heterocycles. The minimum atomic E-state index is -4.23. The van der Waals surface area contributed by atoms with Gasteiger partial charge in [0.25, 0.3) is 5.91 Å². The fourth-order valence-corrected chi connectivity index (χ4v) is 3.23. The molecule has 0 radical (unpaired) electrons. The first-order chi connectivity index (χ1) is 11.7. The van der Waals surface area contributed by atoms with Crippen molar-refractivity contribution in [3.63, 3.8) is 0 Å². The van der Waals surface area contributed by atoms with Crippen LogP contribution in [0.3, 0.4) is 0 Å². The third-order valence-electron chi connectivity index (χ3n) is 4.67. The Labute approximate surface area is 144 Å². The topological polar surface area (TPSA) is 85.8 Å². The number of rotatable bonds is 4. The van der Waals surface area contributed by atoms with Crippen molar-refractivity contribution < 1.29 is 22.8 Å². The lowest BCUT2D eigenvalue weighted by molar-refractivity contribution is -0.132. The number of aliphatic imine (C=N–C) groups is 1. The largest absolute Gasteiger partial charge is 0.390 e. The van der Waals surface area contributed by atoms with E-state index < -0.39 is 24.2 Å². The number of alkyl halides is 3. The van der Waals surface area contributed by atoms with Gasteiger partial charge in [-0.05, 0) is 32.6 Å². The summed E-state index contributed by atoms with van der Waals surface area (Å²) >= 11 is 0. The van der Waals surface area contributed by atoms with Gasteiger partial charge in [0.2, 0.25) is 0 Å². The highest BCUT2D eigenvalue weighted by atomic mass is 19.4. The number of hydrogen-bond donors (Lipinski definition) is 3. The zero-order valence-electron chi connectivity index (χ0n) is 14.4. The van der Waals surface area contributed by atoms with Crippen LogP contribution in [0, 0.1) is 5.92 Å². The number of piperidine rings is 1. The molecule has 2 rings (SSSR count). The van der Waals surface area contributed by atoms with Gasteiger partial charge >= 0.3 is 12.2 Å². The first-order valence-corrected chi connectivity index (χ1v) is 8.39. The molecule has 142 valence electrons. The predicted octanol–water partition coefficient (Wildman–Crippen LogP) is 1.21. The molecule has 2 aliphatic rings. The fraction of sp³-hybridized carbons (Fsp3) is 0.800. The molecule has 0 spiro atoms. The number of nitrogens with zero attached hydrogens (tertiary/aromatic N) is 2. The highest BCUT2D eigenvalue weighted by Crippen LogP contribution is 2.30. The van der Waals surface area contributed by atoms with Gasteiger partial charge in [0.15, 0.2) is 5.96 Å². The van der Waals surface area contributed by atoms with E-state index in [1.165, 1.54) is 0 Å². The van der Waals surface area contributed by atoms with Crippen LogP contribution in [0.1, 0.15) is 33.1 Å². The maximum Gasteiger partial charge on any atom is 0.390 e. The maximum absolute atomic E-state index is 12.3. The third-order valence-corrected chi connectivity index (χ3v) is 4.67. The number of amides is 3. The summed E-state index contributed by atoms with van der Waals surface area (Å²) in [6, 6.07) is -0.489. The second-order valence-electron chi connectivity index (χ2n) is 6.47. The Hall–Kier alpha value is -2.00. The molecule has 1 atom stereocenters. The molecule has 3 amide bonds. The summed E-state index contributed by atoms with van der Waals surface area (Å²) in [5.74, 6) is 0.0882. The van der Waals surface area contributed by atoms with Gasteiger partial charge in [-0.25, -0.2) is 4.79 Å². The predicted molar refractivity (Wildman–Crippen MR) is 86.0 cm³/mol. The molecular weight excluding hydrogens is 339 g/mol. The van der Waals surface area contributed by atoms with Gasteiger partial charge in [-0.2, -0.15) is 13.2 Å². The Morgan fingerprint density at radius 2 is 2.00 bits per heavy atom. The van der Waals surface area contributed by atoms with E-state index in [4.69, 9.17) is 0 Å². The molecule has 0 aromatic rings. The lowest BCUT2D eigenvalue weighted by atomic mass is 9.79. The molecule has 2 fully saturated rings. The molecule has 1 unspecified atom stereocenters. The Kier molecular flexibility index (Phi) is 5.79. The first kappa shape index (κ1) is 19.3. The second kappa shape index (κ2) is 7.49. The van der Waals surface area contributed by atoms with Crippen LogP contribution in [0.15, 0.2) is 4.99 Å². The van der Waals surface area contributed by atoms with E-state index in [1.807, 2.05) is 11.8 Å². The Morgan fingerprint density at radius 1 is 1.36 bits per heavy atom. The number of guanidine groups is 1. The van der Waals surface area contributed by atoms with Crippen LogP contribution in [0.5, 0.6) is 0 Å².